The predicted molar refractivity (Wildman–Crippen MR) is 75.0 cm³/mol. The summed E-state index contributed by atoms with van der Waals surface area (Å²) in [5.74, 6) is -3.06. The first-order valence-corrected chi connectivity index (χ1v) is 7.84. The van der Waals surface area contributed by atoms with Crippen molar-refractivity contribution in [1.82, 2.24) is 5.32 Å². The highest BCUT2D eigenvalue weighted by molar-refractivity contribution is 4.82. The maximum absolute atomic E-state index is 12.9. The Bertz CT molecular complexity index is 289. The third kappa shape index (κ3) is 6.51. The Morgan fingerprint density at radius 2 is 2.00 bits per heavy atom. The summed E-state index contributed by atoms with van der Waals surface area (Å²) in [6, 6.07) is -0.0267. The van der Waals surface area contributed by atoms with Crippen LogP contribution in [-0.2, 0) is 4.74 Å². The van der Waals surface area contributed by atoms with Crippen molar-refractivity contribution < 1.29 is 22.3 Å². The molecule has 126 valence electrons. The first-order valence-electron chi connectivity index (χ1n) is 7.84. The smallest absolute Gasteiger partial charge is 0.330 e. The third-order valence-corrected chi connectivity index (χ3v) is 4.11. The van der Waals surface area contributed by atoms with Crippen LogP contribution < -0.4 is 5.32 Å². The van der Waals surface area contributed by atoms with Crippen molar-refractivity contribution in [2.75, 3.05) is 19.8 Å². The van der Waals surface area contributed by atoms with Crippen molar-refractivity contribution in [2.24, 2.45) is 11.8 Å². The molecule has 3 atom stereocenters. The quantitative estimate of drug-likeness (QED) is 0.647. The minimum atomic E-state index is -4.06. The number of hydrogen-bond acceptors (Lipinski definition) is 2. The molecule has 0 saturated heterocycles. The fraction of sp³-hybridized carbons (Fsp3) is 1.00. The largest absolute Gasteiger partial charge is 0.373 e. The third-order valence-electron chi connectivity index (χ3n) is 4.11. The second-order valence-corrected chi connectivity index (χ2v) is 6.17. The van der Waals surface area contributed by atoms with E-state index in [9.17, 15) is 17.6 Å². The molecular formula is C15H27F4NO. The molecule has 1 saturated carbocycles. The Balaban J connectivity index is 2.46. The van der Waals surface area contributed by atoms with Gasteiger partial charge >= 0.3 is 12.3 Å². The molecule has 0 amide bonds. The molecule has 1 aliphatic carbocycles. The fourth-order valence-corrected chi connectivity index (χ4v) is 2.92. The molecular weight excluding hydrogens is 286 g/mol. The number of alkyl halides is 4. The van der Waals surface area contributed by atoms with Crippen LogP contribution in [0.2, 0.25) is 0 Å². The van der Waals surface area contributed by atoms with Crippen LogP contribution in [-0.4, -0.2) is 38.1 Å². The van der Waals surface area contributed by atoms with Gasteiger partial charge in [0.25, 0.3) is 0 Å². The lowest BCUT2D eigenvalue weighted by Gasteiger charge is -2.34. The van der Waals surface area contributed by atoms with Crippen LogP contribution in [0.3, 0.4) is 0 Å². The van der Waals surface area contributed by atoms with E-state index in [0.29, 0.717) is 11.8 Å². The summed E-state index contributed by atoms with van der Waals surface area (Å²) >= 11 is 0. The zero-order valence-electron chi connectivity index (χ0n) is 12.9. The molecule has 0 aliphatic heterocycles. The van der Waals surface area contributed by atoms with Crippen molar-refractivity contribution in [3.63, 3.8) is 0 Å². The highest BCUT2D eigenvalue weighted by Gasteiger charge is 2.41. The van der Waals surface area contributed by atoms with E-state index in [2.05, 4.69) is 12.2 Å². The monoisotopic (exact) mass is 313 g/mol. The summed E-state index contributed by atoms with van der Waals surface area (Å²) in [6.07, 6.45) is 1.67. The molecule has 21 heavy (non-hydrogen) atoms. The van der Waals surface area contributed by atoms with Crippen LogP contribution in [0.25, 0.3) is 0 Å². The number of ether oxygens (including phenoxy) is 1. The van der Waals surface area contributed by atoms with Crippen molar-refractivity contribution in [2.45, 2.75) is 64.3 Å². The summed E-state index contributed by atoms with van der Waals surface area (Å²) in [7, 11) is 0. The predicted octanol–water partition coefficient (Wildman–Crippen LogP) is 4.10. The van der Waals surface area contributed by atoms with Crippen LogP contribution >= 0.6 is 0 Å². The molecule has 0 aromatic heterocycles. The molecule has 0 bridgehead atoms. The van der Waals surface area contributed by atoms with E-state index in [-0.39, 0.29) is 12.6 Å². The summed E-state index contributed by atoms with van der Waals surface area (Å²) in [6.45, 7) is 3.86. The summed E-state index contributed by atoms with van der Waals surface area (Å²) in [4.78, 5) is 0. The molecule has 2 nitrogen and oxygen atoms in total. The fourth-order valence-electron chi connectivity index (χ4n) is 2.92. The average molecular weight is 313 g/mol. The van der Waals surface area contributed by atoms with Gasteiger partial charge < -0.3 is 10.1 Å². The van der Waals surface area contributed by atoms with Crippen LogP contribution in [0, 0.1) is 11.8 Å². The van der Waals surface area contributed by atoms with E-state index >= 15 is 0 Å². The van der Waals surface area contributed by atoms with Crippen molar-refractivity contribution >= 4 is 0 Å². The first kappa shape index (κ1) is 18.7. The molecule has 0 aromatic carbocycles. The highest BCUT2D eigenvalue weighted by atomic mass is 19.3. The van der Waals surface area contributed by atoms with E-state index in [4.69, 9.17) is 4.74 Å². The van der Waals surface area contributed by atoms with Gasteiger partial charge in [-0.15, -0.1) is 0 Å². The van der Waals surface area contributed by atoms with Gasteiger partial charge in [0.15, 0.2) is 0 Å². The second kappa shape index (κ2) is 8.93. The maximum atomic E-state index is 12.9. The van der Waals surface area contributed by atoms with E-state index in [1.54, 1.807) is 0 Å². The van der Waals surface area contributed by atoms with Crippen LogP contribution in [0.15, 0.2) is 0 Å². The maximum Gasteiger partial charge on any atom is 0.330 e. The molecule has 1 rings (SSSR count). The number of hydrogen-bond donors (Lipinski definition) is 1. The molecule has 0 heterocycles. The van der Waals surface area contributed by atoms with Crippen molar-refractivity contribution in [3.05, 3.63) is 0 Å². The van der Waals surface area contributed by atoms with E-state index < -0.39 is 19.0 Å². The zero-order valence-corrected chi connectivity index (χ0v) is 12.9. The zero-order chi connectivity index (χ0) is 15.9. The second-order valence-electron chi connectivity index (χ2n) is 6.17. The normalized spacial score (nSPS) is 25.3. The van der Waals surface area contributed by atoms with Crippen LogP contribution in [0.1, 0.15) is 46.0 Å². The lowest BCUT2D eigenvalue weighted by atomic mass is 9.78. The van der Waals surface area contributed by atoms with Crippen molar-refractivity contribution in [3.8, 4) is 0 Å². The standard InChI is InChI=1S/C15H27F4NO/c1-3-7-20-13(12-6-4-5-11(2)8-12)9-21-10-15(18,19)14(16)17/h11-14,20H,3-10H2,1-2H3. The molecule has 1 aliphatic rings. The number of nitrogens with one attached hydrogen (secondary N) is 1. The summed E-state index contributed by atoms with van der Waals surface area (Å²) in [5, 5.41) is 3.32. The minimum absolute atomic E-state index is 0.0267. The Morgan fingerprint density at radius 3 is 2.57 bits per heavy atom. The van der Waals surface area contributed by atoms with Gasteiger partial charge in [-0.1, -0.05) is 26.7 Å². The molecule has 6 heteroatoms. The Hall–Kier alpha value is -0.360. The SMILES string of the molecule is CCCNC(COCC(F)(F)C(F)F)C1CCCC(C)C1. The van der Waals surface area contributed by atoms with E-state index in [1.165, 1.54) is 6.42 Å². The molecule has 3 unspecified atom stereocenters. The van der Waals surface area contributed by atoms with E-state index in [0.717, 1.165) is 32.2 Å². The molecule has 0 radical (unpaired) electrons. The topological polar surface area (TPSA) is 21.3 Å². The van der Waals surface area contributed by atoms with E-state index in [1.807, 2.05) is 6.92 Å². The Labute approximate surface area is 124 Å². The molecule has 0 spiro atoms. The number of rotatable bonds is 9. The summed E-state index contributed by atoms with van der Waals surface area (Å²) in [5.41, 5.74) is 0. The van der Waals surface area contributed by atoms with Gasteiger partial charge in [0.05, 0.1) is 6.61 Å². The number of halogens is 4. The van der Waals surface area contributed by atoms with Crippen LogP contribution in [0.4, 0.5) is 17.6 Å². The Morgan fingerprint density at radius 1 is 1.29 bits per heavy atom. The van der Waals surface area contributed by atoms with Crippen molar-refractivity contribution in [1.29, 1.82) is 0 Å². The highest BCUT2D eigenvalue weighted by Crippen LogP contribution is 2.31. The van der Waals surface area contributed by atoms with Gasteiger partial charge in [-0.05, 0) is 37.6 Å². The minimum Gasteiger partial charge on any atom is -0.373 e. The molecule has 1 N–H and O–H groups in total. The van der Waals surface area contributed by atoms with Gasteiger partial charge in [-0.2, -0.15) is 8.78 Å². The van der Waals surface area contributed by atoms with Gasteiger partial charge in [-0.3, -0.25) is 0 Å². The lowest BCUT2D eigenvalue weighted by molar-refractivity contribution is -0.168. The summed E-state index contributed by atoms with van der Waals surface area (Å²) < 4.78 is 54.8. The Kier molecular flexibility index (Phi) is 7.95. The van der Waals surface area contributed by atoms with Gasteiger partial charge in [0, 0.05) is 6.04 Å². The molecule has 1 fully saturated rings. The first-order chi connectivity index (χ1) is 9.86. The van der Waals surface area contributed by atoms with Gasteiger partial charge in [-0.25, -0.2) is 8.78 Å². The molecule has 0 aromatic rings. The van der Waals surface area contributed by atoms with Gasteiger partial charge in [0.1, 0.15) is 6.61 Å². The average Bonchev–Trinajstić information content (AvgIpc) is 2.42. The lowest BCUT2D eigenvalue weighted by Crippen LogP contribution is -2.43. The van der Waals surface area contributed by atoms with Gasteiger partial charge in [0.2, 0.25) is 0 Å². The van der Waals surface area contributed by atoms with Crippen LogP contribution in [0.5, 0.6) is 0 Å².